The number of allylic oxidation sites excluding steroid dienone is 1. The summed E-state index contributed by atoms with van der Waals surface area (Å²) in [5.74, 6) is 0.630. The second-order valence-electron chi connectivity index (χ2n) is 15.4. The van der Waals surface area contributed by atoms with E-state index in [1.165, 1.54) is 48.7 Å². The number of fused-ring (bicyclic) bond motifs is 10. The first-order valence-electron chi connectivity index (χ1n) is 20.4. The Morgan fingerprint density at radius 1 is 0.450 bits per heavy atom. The quantitative estimate of drug-likeness (QED) is 0.175. The van der Waals surface area contributed by atoms with E-state index in [9.17, 15) is 0 Å². The molecule has 12 aromatic rings. The summed E-state index contributed by atoms with van der Waals surface area (Å²) in [6, 6.07) is 67.0. The summed E-state index contributed by atoms with van der Waals surface area (Å²) in [6.45, 7) is 4.35. The zero-order valence-corrected chi connectivity index (χ0v) is 32.6. The third kappa shape index (κ3) is 5.25. The molecule has 0 saturated heterocycles. The van der Waals surface area contributed by atoms with Crippen LogP contribution in [0.3, 0.4) is 0 Å². The van der Waals surface area contributed by atoms with Crippen LogP contribution in [0.4, 0.5) is 0 Å². The lowest BCUT2D eigenvalue weighted by molar-refractivity contribution is 1.01. The first kappa shape index (κ1) is 34.0. The molecule has 0 bridgehead atoms. The summed E-state index contributed by atoms with van der Waals surface area (Å²) in [4.78, 5) is 10.7. The van der Waals surface area contributed by atoms with Gasteiger partial charge in [-0.2, -0.15) is 0 Å². The van der Waals surface area contributed by atoms with Gasteiger partial charge in [-0.1, -0.05) is 158 Å². The van der Waals surface area contributed by atoms with Gasteiger partial charge in [-0.25, -0.2) is 9.97 Å². The number of hydrogen-bond donors (Lipinski definition) is 0. The Morgan fingerprint density at radius 2 is 1.10 bits per heavy atom. The maximum absolute atomic E-state index is 5.38. The van der Waals surface area contributed by atoms with E-state index in [0.29, 0.717) is 5.95 Å². The normalized spacial score (nSPS) is 12.4. The molecule has 0 aliphatic rings. The minimum atomic E-state index is 0.630. The van der Waals surface area contributed by atoms with Gasteiger partial charge in [0, 0.05) is 32.6 Å². The van der Waals surface area contributed by atoms with E-state index < -0.39 is 0 Å². The van der Waals surface area contributed by atoms with Crippen molar-refractivity contribution in [3.63, 3.8) is 0 Å². The molecule has 0 fully saturated rings. The van der Waals surface area contributed by atoms with Gasteiger partial charge in [-0.05, 0) is 97.7 Å². The van der Waals surface area contributed by atoms with Gasteiger partial charge >= 0.3 is 0 Å². The van der Waals surface area contributed by atoms with Gasteiger partial charge < -0.3 is 4.57 Å². The van der Waals surface area contributed by atoms with Gasteiger partial charge in [0.15, 0.2) is 0 Å². The topological polar surface area (TPSA) is 35.6 Å². The van der Waals surface area contributed by atoms with Crippen molar-refractivity contribution in [3.8, 4) is 22.8 Å². The maximum Gasteiger partial charge on any atom is 0.235 e. The third-order valence-electron chi connectivity index (χ3n) is 12.1. The predicted molar refractivity (Wildman–Crippen MR) is 253 cm³/mol. The first-order chi connectivity index (χ1) is 29.7. The average molecular weight is 765 g/mol. The number of nitrogens with zero attached hydrogens (tertiary/aromatic N) is 4. The molecule has 60 heavy (non-hydrogen) atoms. The Hall–Kier alpha value is -8.08. The van der Waals surface area contributed by atoms with Crippen LogP contribution in [0.25, 0.3) is 118 Å². The Labute approximate surface area is 345 Å². The van der Waals surface area contributed by atoms with Gasteiger partial charge in [0.25, 0.3) is 0 Å². The molecule has 12 rings (SSSR count). The molecule has 0 radical (unpaired) electrons. The number of rotatable bonds is 5. The molecule has 0 aliphatic heterocycles. The van der Waals surface area contributed by atoms with E-state index in [2.05, 4.69) is 216 Å². The molecular weight excluding hydrogens is 729 g/mol. The molecule has 0 aliphatic carbocycles. The molecular formula is C56H36N4. The van der Waals surface area contributed by atoms with Crippen molar-refractivity contribution < 1.29 is 0 Å². The monoisotopic (exact) mass is 764 g/mol. The average Bonchev–Trinajstić information content (AvgIpc) is 3.82. The molecule has 0 saturated carbocycles. The summed E-state index contributed by atoms with van der Waals surface area (Å²) in [7, 11) is 0. The summed E-state index contributed by atoms with van der Waals surface area (Å²) in [5, 5.41) is 12.7. The molecule has 0 unspecified atom stereocenters. The fourth-order valence-electron chi connectivity index (χ4n) is 9.37. The fourth-order valence-corrected chi connectivity index (χ4v) is 9.37. The summed E-state index contributed by atoms with van der Waals surface area (Å²) in [6.07, 6.45) is 6.34. The smallest absolute Gasteiger partial charge is 0.235 e. The van der Waals surface area contributed by atoms with Gasteiger partial charge in [0.2, 0.25) is 5.95 Å². The molecule has 3 heterocycles. The van der Waals surface area contributed by atoms with Crippen LogP contribution in [0.2, 0.25) is 0 Å². The van der Waals surface area contributed by atoms with Crippen molar-refractivity contribution in [1.29, 1.82) is 0 Å². The second kappa shape index (κ2) is 13.5. The minimum Gasteiger partial charge on any atom is -0.309 e. The van der Waals surface area contributed by atoms with Crippen LogP contribution in [0.5, 0.6) is 0 Å². The van der Waals surface area contributed by atoms with Crippen LogP contribution in [0.1, 0.15) is 5.69 Å². The van der Waals surface area contributed by atoms with Gasteiger partial charge in [0.05, 0.1) is 33.3 Å². The van der Waals surface area contributed by atoms with Crippen molar-refractivity contribution >= 4 is 94.8 Å². The lowest BCUT2D eigenvalue weighted by Gasteiger charge is -2.13. The second-order valence-corrected chi connectivity index (χ2v) is 15.4. The maximum atomic E-state index is 5.38. The van der Waals surface area contributed by atoms with Gasteiger partial charge in [-0.15, -0.1) is 0 Å². The van der Waals surface area contributed by atoms with Crippen molar-refractivity contribution in [2.45, 2.75) is 0 Å². The molecule has 9 aromatic carbocycles. The zero-order valence-electron chi connectivity index (χ0n) is 32.6. The highest BCUT2D eigenvalue weighted by molar-refractivity contribution is 6.24. The highest BCUT2D eigenvalue weighted by Gasteiger charge is 2.21. The van der Waals surface area contributed by atoms with E-state index in [0.717, 1.165) is 60.3 Å². The van der Waals surface area contributed by atoms with Crippen molar-refractivity contribution in [2.75, 3.05) is 0 Å². The van der Waals surface area contributed by atoms with Crippen LogP contribution in [-0.2, 0) is 0 Å². The Kier molecular flexibility index (Phi) is 7.66. The molecule has 4 nitrogen and oxygen atoms in total. The highest BCUT2D eigenvalue weighted by Crippen LogP contribution is 2.43. The molecule has 0 amide bonds. The van der Waals surface area contributed by atoms with E-state index >= 15 is 0 Å². The van der Waals surface area contributed by atoms with Crippen molar-refractivity contribution in [1.82, 2.24) is 19.1 Å². The van der Waals surface area contributed by atoms with E-state index in [4.69, 9.17) is 9.97 Å². The molecule has 4 heteroatoms. The van der Waals surface area contributed by atoms with Crippen LogP contribution < -0.4 is 10.4 Å². The molecule has 280 valence electrons. The van der Waals surface area contributed by atoms with Gasteiger partial charge in [0.1, 0.15) is 0 Å². The number of para-hydroxylation sites is 4. The summed E-state index contributed by atoms with van der Waals surface area (Å²) in [5.41, 5.74) is 9.70. The lowest BCUT2D eigenvalue weighted by Crippen LogP contribution is -2.23. The van der Waals surface area contributed by atoms with Gasteiger partial charge in [-0.3, -0.25) is 4.57 Å². The number of benzene rings is 9. The van der Waals surface area contributed by atoms with Crippen molar-refractivity contribution in [3.05, 3.63) is 210 Å². The van der Waals surface area contributed by atoms with Crippen LogP contribution in [0, 0.1) is 0 Å². The summed E-state index contributed by atoms with van der Waals surface area (Å²) < 4.78 is 4.63. The van der Waals surface area contributed by atoms with E-state index in [-0.39, 0.29) is 0 Å². The van der Waals surface area contributed by atoms with Crippen molar-refractivity contribution in [2.24, 2.45) is 0 Å². The first-order valence-corrected chi connectivity index (χ1v) is 20.4. The number of aromatic nitrogens is 4. The largest absolute Gasteiger partial charge is 0.309 e. The SMILES string of the molecule is C=c1ccc2ccccc2/c1=C/C=C/c1nc(-n2c3ccccc3c3c4ccccc4c(-c4ccc5c(c4)c4ccccc4n5-c4ccccc4)cc32)nc2ccccc12. The molecule has 3 aromatic heterocycles. The Balaban J connectivity index is 1.10. The third-order valence-corrected chi connectivity index (χ3v) is 12.1. The van der Waals surface area contributed by atoms with Crippen LogP contribution in [0.15, 0.2) is 194 Å². The summed E-state index contributed by atoms with van der Waals surface area (Å²) >= 11 is 0. The van der Waals surface area contributed by atoms with E-state index in [1.54, 1.807) is 0 Å². The molecule has 0 atom stereocenters. The predicted octanol–water partition coefficient (Wildman–Crippen LogP) is 12.7. The minimum absolute atomic E-state index is 0.630. The fraction of sp³-hybridized carbons (Fsp3) is 0. The molecule has 0 N–H and O–H groups in total. The lowest BCUT2D eigenvalue weighted by atomic mass is 9.94. The van der Waals surface area contributed by atoms with E-state index in [1.807, 2.05) is 6.07 Å². The molecule has 0 spiro atoms. The zero-order chi connectivity index (χ0) is 39.7. The highest BCUT2D eigenvalue weighted by atomic mass is 15.2. The Morgan fingerprint density at radius 3 is 1.93 bits per heavy atom. The number of hydrogen-bond acceptors (Lipinski definition) is 2. The standard InChI is InChI=1S/C56H36N4/c1-36-30-31-37-16-5-6-19-41(37)40(36)25-15-27-50-45-23-9-12-26-49(45)57-56(58-50)60-52-29-14-11-24-46(52)55-44-22-8-7-20-42(44)47(35-54(55)60)38-32-33-53-48(34-38)43-21-10-13-28-51(43)59(53)39-17-3-2-4-18-39/h2-35H,1H2/b27-15+,40-25+. The van der Waals surface area contributed by atoms with Crippen LogP contribution >= 0.6 is 0 Å². The van der Waals surface area contributed by atoms with Crippen LogP contribution in [-0.4, -0.2) is 19.1 Å². The Bertz CT molecular complexity index is 3850.